The molecule has 0 spiro atoms. The molecule has 1 saturated heterocycles. The van der Waals surface area contributed by atoms with E-state index in [0.29, 0.717) is 66.3 Å². The van der Waals surface area contributed by atoms with E-state index in [1.165, 1.54) is 16.3 Å². The number of anilines is 5. The standard InChI is InChI=1S/C53H65FN10O11S.C3H6O.C2H6S/c1-6-43(65)56-37-16-12-36(13-17-37)50(69)58-40-9-7-8-39(30-40)57-49-46(54)52(60-48-42(33(2)3)31-55-64(48)49)76-41-18-22-63(23-19-41)53(71)75-32-35-10-14-38(15-11-35)61-62-51(70)47(34(4)5)59-44(66)20-24-72-26-28-74-29-27-73-25-21-45(67)68;1-2-3-4;1-3-2/h6-17,30-31,33-34,41,47,57,61H,1,18-29,32H2,2-5H3,(H,56,65)(H,58,69)(H,59,66)(H,62,70)(H,67,68);3H,2H2,1H3;1-2H3. The molecule has 2 aromatic heterocycles. The highest BCUT2D eigenvalue weighted by Crippen LogP contribution is 2.36. The maximum absolute atomic E-state index is 16.7. The number of hydrogen-bond donors (Lipinski definition) is 7. The van der Waals surface area contributed by atoms with Crippen molar-refractivity contribution in [3.63, 3.8) is 0 Å². The quantitative estimate of drug-likeness (QED) is 0.00772. The number of hydrazine groups is 1. The summed E-state index contributed by atoms with van der Waals surface area (Å²) in [6.07, 6.45) is 9.05. The number of hydrogen-bond acceptors (Lipinski definition) is 17. The van der Waals surface area contributed by atoms with Gasteiger partial charge in [-0.05, 0) is 103 Å². The zero-order chi connectivity index (χ0) is 60.7. The molecule has 83 heavy (non-hydrogen) atoms. The topological polar surface area (TPSA) is 282 Å². The third-order valence-corrected chi connectivity index (χ3v) is 13.2. The molecular weight excluding hydrogens is 1110 g/mol. The van der Waals surface area contributed by atoms with Gasteiger partial charge in [0.15, 0.2) is 17.3 Å². The average molecular weight is 1190 g/mol. The van der Waals surface area contributed by atoms with E-state index in [4.69, 9.17) is 29.0 Å². The number of aliphatic carboxylic acids is 1. The van der Waals surface area contributed by atoms with E-state index in [2.05, 4.69) is 43.8 Å². The zero-order valence-corrected chi connectivity index (χ0v) is 49.6. The maximum atomic E-state index is 16.7. The molecule has 1 fully saturated rings. The van der Waals surface area contributed by atoms with Gasteiger partial charge in [0.2, 0.25) is 11.8 Å². The Morgan fingerprint density at radius 3 is 2.02 bits per heavy atom. The van der Waals surface area contributed by atoms with E-state index in [1.54, 1.807) is 95.7 Å². The summed E-state index contributed by atoms with van der Waals surface area (Å²) in [5.41, 5.74) is 9.95. The highest BCUT2D eigenvalue weighted by atomic mass is 32.2. The molecule has 0 bridgehead atoms. The molecule has 5 aromatic rings. The summed E-state index contributed by atoms with van der Waals surface area (Å²) in [6, 6.07) is 19.4. The number of fused-ring (bicyclic) bond motifs is 1. The van der Waals surface area contributed by atoms with Crippen LogP contribution in [0.5, 0.6) is 0 Å². The van der Waals surface area contributed by atoms with Crippen molar-refractivity contribution in [2.24, 2.45) is 5.92 Å². The van der Waals surface area contributed by atoms with Gasteiger partial charge in [0, 0.05) is 59.4 Å². The number of aromatic nitrogens is 3. The highest BCUT2D eigenvalue weighted by Gasteiger charge is 2.29. The van der Waals surface area contributed by atoms with Gasteiger partial charge in [0.05, 0.1) is 57.9 Å². The van der Waals surface area contributed by atoms with Crippen LogP contribution in [0, 0.1) is 11.7 Å². The van der Waals surface area contributed by atoms with Gasteiger partial charge < -0.3 is 55.0 Å². The predicted octanol–water partition coefficient (Wildman–Crippen LogP) is 9.08. The van der Waals surface area contributed by atoms with Crippen molar-refractivity contribution >= 4 is 99.7 Å². The number of nitrogens with zero attached hydrogens (tertiary/aromatic N) is 4. The van der Waals surface area contributed by atoms with Gasteiger partial charge in [-0.15, -0.1) is 0 Å². The minimum atomic E-state index is -0.929. The van der Waals surface area contributed by atoms with Crippen molar-refractivity contribution < 1.29 is 62.0 Å². The summed E-state index contributed by atoms with van der Waals surface area (Å²) < 4.78 is 39.7. The lowest BCUT2D eigenvalue weighted by molar-refractivity contribution is -0.138. The minimum Gasteiger partial charge on any atom is -0.481 e. The zero-order valence-electron chi connectivity index (χ0n) is 48.0. The number of ether oxygens (including phenoxy) is 4. The Balaban J connectivity index is 0.00000200. The fraction of sp³-hybridized carbons (Fsp3) is 0.431. The number of aldehydes is 1. The first-order valence-electron chi connectivity index (χ1n) is 27.0. The van der Waals surface area contributed by atoms with Gasteiger partial charge in [-0.1, -0.05) is 71.2 Å². The lowest BCUT2D eigenvalue weighted by Gasteiger charge is -2.31. The summed E-state index contributed by atoms with van der Waals surface area (Å²) in [7, 11) is 0. The molecule has 7 N–H and O–H groups in total. The second-order valence-corrected chi connectivity index (χ2v) is 21.3. The fourth-order valence-electron chi connectivity index (χ4n) is 7.57. The Kier molecular flexibility index (Phi) is 30.1. The van der Waals surface area contributed by atoms with Crippen molar-refractivity contribution in [3.05, 3.63) is 114 Å². The largest absolute Gasteiger partial charge is 0.481 e. The summed E-state index contributed by atoms with van der Waals surface area (Å²) in [6.45, 7) is 15.0. The third kappa shape index (κ3) is 23.7. The molecular formula is C58H77FN10O12S2. The smallest absolute Gasteiger partial charge is 0.410 e. The number of rotatable bonds is 29. The van der Waals surface area contributed by atoms with Crippen molar-refractivity contribution in [1.82, 2.24) is 30.2 Å². The van der Waals surface area contributed by atoms with Crippen molar-refractivity contribution in [2.75, 3.05) is 86.6 Å². The molecule has 3 heterocycles. The summed E-state index contributed by atoms with van der Waals surface area (Å²) in [4.78, 5) is 89.7. The number of carboxylic acid groups (broad SMARTS) is 1. The van der Waals surface area contributed by atoms with Crippen LogP contribution in [0.2, 0.25) is 0 Å². The first kappa shape index (κ1) is 67.9. The van der Waals surface area contributed by atoms with Gasteiger partial charge in [-0.2, -0.15) is 25.8 Å². The molecule has 450 valence electrons. The normalized spacial score (nSPS) is 12.4. The van der Waals surface area contributed by atoms with E-state index in [1.807, 2.05) is 47.1 Å². The molecule has 1 aliphatic rings. The van der Waals surface area contributed by atoms with Crippen LogP contribution in [0.1, 0.15) is 94.1 Å². The van der Waals surface area contributed by atoms with Crippen LogP contribution in [0.15, 0.2) is 96.7 Å². The second-order valence-electron chi connectivity index (χ2n) is 19.2. The highest BCUT2D eigenvalue weighted by molar-refractivity contribution is 7.99. The number of benzene rings is 3. The van der Waals surface area contributed by atoms with Crippen LogP contribution in [-0.2, 0) is 49.5 Å². The van der Waals surface area contributed by atoms with Gasteiger partial charge in [0.1, 0.15) is 24.0 Å². The number of thioether (sulfide) groups is 2. The number of nitrogens with one attached hydrogen (secondary N) is 6. The Bertz CT molecular complexity index is 2890. The molecule has 1 aliphatic heterocycles. The van der Waals surface area contributed by atoms with Gasteiger partial charge in [0.25, 0.3) is 11.8 Å². The molecule has 0 aliphatic carbocycles. The van der Waals surface area contributed by atoms with Crippen LogP contribution in [0.4, 0.5) is 37.8 Å². The fourth-order valence-corrected chi connectivity index (χ4v) is 8.67. The first-order valence-corrected chi connectivity index (χ1v) is 29.5. The SMILES string of the molecule is C=CC(=O)Nc1ccc(C(=O)Nc2cccc(Nc3c(F)c(SC4CCN(C(=O)OCc5ccc(NNC(=O)C(NC(=O)CCOCCOCCOCCC(=O)O)C(C)C)cc5)CC4)nc4c(C(C)C)cnn34)c2)cc1.CCC=O.CSC. The van der Waals surface area contributed by atoms with E-state index in [-0.39, 0.29) is 105 Å². The molecule has 1 atom stereocenters. The molecule has 6 rings (SSSR count). The van der Waals surface area contributed by atoms with Gasteiger partial charge in [-0.25, -0.2) is 9.78 Å². The summed E-state index contributed by atoms with van der Waals surface area (Å²) in [5, 5.41) is 24.7. The minimum absolute atomic E-state index is 0.0136. The van der Waals surface area contributed by atoms with Crippen LogP contribution in [0.25, 0.3) is 5.65 Å². The monoisotopic (exact) mass is 1190 g/mol. The number of halogens is 1. The lowest BCUT2D eigenvalue weighted by Crippen LogP contribution is -2.51. The second kappa shape index (κ2) is 36.8. The Hall–Kier alpha value is -7.58. The lowest BCUT2D eigenvalue weighted by atomic mass is 10.0. The summed E-state index contributed by atoms with van der Waals surface area (Å²) >= 11 is 3.06. The molecule has 0 radical (unpaired) electrons. The molecule has 25 heteroatoms. The van der Waals surface area contributed by atoms with E-state index in [0.717, 1.165) is 23.5 Å². The first-order chi connectivity index (χ1) is 39.9. The molecule has 0 saturated carbocycles. The van der Waals surface area contributed by atoms with Gasteiger partial charge in [-0.3, -0.25) is 34.8 Å². The number of piperidine rings is 1. The number of carboxylic acids is 1. The van der Waals surface area contributed by atoms with Crippen molar-refractivity contribution in [3.8, 4) is 0 Å². The Morgan fingerprint density at radius 2 is 1.43 bits per heavy atom. The maximum Gasteiger partial charge on any atom is 0.410 e. The molecule has 5 amide bonds. The third-order valence-electron chi connectivity index (χ3n) is 11.9. The predicted molar refractivity (Wildman–Crippen MR) is 321 cm³/mol. The van der Waals surface area contributed by atoms with Gasteiger partial charge >= 0.3 is 12.1 Å². The Morgan fingerprint density at radius 1 is 0.831 bits per heavy atom. The van der Waals surface area contributed by atoms with Crippen LogP contribution in [0.3, 0.4) is 0 Å². The number of carbonyl (C=O) groups is 7. The number of carbonyl (C=O) groups excluding carboxylic acids is 6. The van der Waals surface area contributed by atoms with Crippen molar-refractivity contribution in [2.45, 2.75) is 95.6 Å². The molecule has 3 aromatic carbocycles. The van der Waals surface area contributed by atoms with E-state index >= 15 is 4.39 Å². The Labute approximate surface area is 492 Å². The van der Waals surface area contributed by atoms with Crippen LogP contribution in [-0.4, -0.2) is 143 Å². The van der Waals surface area contributed by atoms with Crippen LogP contribution >= 0.6 is 23.5 Å². The average Bonchev–Trinajstić information content (AvgIpc) is 3.46. The number of amides is 5. The van der Waals surface area contributed by atoms with E-state index in [9.17, 15) is 33.6 Å². The molecule has 22 nitrogen and oxygen atoms in total. The van der Waals surface area contributed by atoms with Crippen molar-refractivity contribution in [1.29, 1.82) is 0 Å². The summed E-state index contributed by atoms with van der Waals surface area (Å²) in [5.74, 6) is -3.16. The molecule has 1 unspecified atom stereocenters. The van der Waals surface area contributed by atoms with E-state index < -0.39 is 29.8 Å². The van der Waals surface area contributed by atoms with Crippen LogP contribution < -0.4 is 32.1 Å². The number of likely N-dealkylation sites (tertiary alicyclic amines) is 1.